The van der Waals surface area contributed by atoms with E-state index in [9.17, 15) is 0 Å². The lowest BCUT2D eigenvalue weighted by Gasteiger charge is -2.11. The van der Waals surface area contributed by atoms with Gasteiger partial charge >= 0.3 is 0 Å². The summed E-state index contributed by atoms with van der Waals surface area (Å²) < 4.78 is 2.04. The van der Waals surface area contributed by atoms with E-state index in [1.165, 1.54) is 11.3 Å². The van der Waals surface area contributed by atoms with E-state index in [1.54, 1.807) is 0 Å². The van der Waals surface area contributed by atoms with Gasteiger partial charge < -0.3 is 5.73 Å². The summed E-state index contributed by atoms with van der Waals surface area (Å²) in [5, 5.41) is 4.65. The molecule has 102 valence electrons. The smallest absolute Gasteiger partial charge is 0.0649 e. The van der Waals surface area contributed by atoms with Crippen molar-refractivity contribution in [1.82, 2.24) is 9.78 Å². The van der Waals surface area contributed by atoms with E-state index in [1.807, 2.05) is 4.68 Å². The number of rotatable bonds is 5. The molecule has 2 aromatic rings. The van der Waals surface area contributed by atoms with Gasteiger partial charge in [-0.15, -0.1) is 0 Å². The molecule has 0 saturated heterocycles. The molecule has 3 heteroatoms. The van der Waals surface area contributed by atoms with Crippen molar-refractivity contribution >= 4 is 0 Å². The van der Waals surface area contributed by atoms with Crippen LogP contribution in [-0.2, 0) is 12.8 Å². The van der Waals surface area contributed by atoms with Crippen molar-refractivity contribution in [3.05, 3.63) is 47.3 Å². The van der Waals surface area contributed by atoms with Crippen LogP contribution in [-0.4, -0.2) is 9.78 Å². The van der Waals surface area contributed by atoms with Gasteiger partial charge in [-0.2, -0.15) is 5.10 Å². The van der Waals surface area contributed by atoms with Crippen molar-refractivity contribution in [2.75, 3.05) is 0 Å². The van der Waals surface area contributed by atoms with E-state index in [4.69, 9.17) is 5.73 Å². The molecule has 0 saturated carbocycles. The van der Waals surface area contributed by atoms with Crippen LogP contribution in [0.3, 0.4) is 0 Å². The van der Waals surface area contributed by atoms with E-state index in [0.717, 1.165) is 30.6 Å². The highest BCUT2D eigenvalue weighted by atomic mass is 15.3. The molecule has 1 heterocycles. The van der Waals surface area contributed by atoms with Gasteiger partial charge in [0.1, 0.15) is 0 Å². The number of aryl methyl sites for hydroxylation is 2. The van der Waals surface area contributed by atoms with Crippen molar-refractivity contribution in [2.45, 2.75) is 46.1 Å². The van der Waals surface area contributed by atoms with Crippen molar-refractivity contribution in [2.24, 2.45) is 5.73 Å². The van der Waals surface area contributed by atoms with Gasteiger partial charge in [-0.1, -0.05) is 32.9 Å². The monoisotopic (exact) mass is 257 g/mol. The molecule has 0 spiro atoms. The van der Waals surface area contributed by atoms with Crippen molar-refractivity contribution in [3.8, 4) is 5.69 Å². The summed E-state index contributed by atoms with van der Waals surface area (Å²) in [6.45, 7) is 6.40. The molecule has 0 bridgehead atoms. The van der Waals surface area contributed by atoms with E-state index >= 15 is 0 Å². The fourth-order valence-corrected chi connectivity index (χ4v) is 2.22. The van der Waals surface area contributed by atoms with E-state index in [0.29, 0.717) is 0 Å². The molecule has 2 N–H and O–H groups in total. The minimum absolute atomic E-state index is 0.128. The van der Waals surface area contributed by atoms with E-state index in [-0.39, 0.29) is 6.04 Å². The van der Waals surface area contributed by atoms with Crippen LogP contribution in [0, 0.1) is 0 Å². The highest BCUT2D eigenvalue weighted by Crippen LogP contribution is 2.18. The van der Waals surface area contributed by atoms with Crippen LogP contribution in [0.5, 0.6) is 0 Å². The van der Waals surface area contributed by atoms with Gasteiger partial charge in [0.05, 0.1) is 11.4 Å². The van der Waals surface area contributed by atoms with Crippen LogP contribution >= 0.6 is 0 Å². The van der Waals surface area contributed by atoms with Crippen LogP contribution in [0.2, 0.25) is 0 Å². The second-order valence-corrected chi connectivity index (χ2v) is 4.85. The summed E-state index contributed by atoms with van der Waals surface area (Å²) in [6, 6.07) is 10.7. The molecule has 3 nitrogen and oxygen atoms in total. The molecule has 0 fully saturated rings. The van der Waals surface area contributed by atoms with Crippen molar-refractivity contribution in [1.29, 1.82) is 0 Å². The highest BCUT2D eigenvalue weighted by Gasteiger charge is 2.08. The molecule has 1 unspecified atom stereocenters. The molecule has 0 aliphatic carbocycles. The van der Waals surface area contributed by atoms with Crippen molar-refractivity contribution < 1.29 is 0 Å². The molecular formula is C16H23N3. The Morgan fingerprint density at radius 3 is 2.32 bits per heavy atom. The second kappa shape index (κ2) is 6.02. The Labute approximate surface area is 115 Å². The van der Waals surface area contributed by atoms with Gasteiger partial charge in [0.15, 0.2) is 0 Å². The molecule has 19 heavy (non-hydrogen) atoms. The summed E-state index contributed by atoms with van der Waals surface area (Å²) in [5.74, 6) is 0. The van der Waals surface area contributed by atoms with Gasteiger partial charge in [-0.05, 0) is 43.0 Å². The molecular weight excluding hydrogens is 234 g/mol. The molecule has 0 aliphatic heterocycles. The first kappa shape index (κ1) is 13.8. The number of hydrogen-bond donors (Lipinski definition) is 1. The maximum absolute atomic E-state index is 6.04. The fourth-order valence-electron chi connectivity index (χ4n) is 2.22. The average molecular weight is 257 g/mol. The maximum atomic E-state index is 6.04. The largest absolute Gasteiger partial charge is 0.324 e. The minimum atomic E-state index is 0.128. The quantitative estimate of drug-likeness (QED) is 0.892. The number of benzene rings is 1. The van der Waals surface area contributed by atoms with Gasteiger partial charge in [0.25, 0.3) is 0 Å². The van der Waals surface area contributed by atoms with Gasteiger partial charge in [-0.25, -0.2) is 4.68 Å². The van der Waals surface area contributed by atoms with Crippen molar-refractivity contribution in [3.63, 3.8) is 0 Å². The van der Waals surface area contributed by atoms with Crippen LogP contribution < -0.4 is 5.73 Å². The normalized spacial score (nSPS) is 12.6. The third-order valence-corrected chi connectivity index (χ3v) is 3.56. The predicted octanol–water partition coefficient (Wildman–Crippen LogP) is 3.41. The summed E-state index contributed by atoms with van der Waals surface area (Å²) in [4.78, 5) is 0. The van der Waals surface area contributed by atoms with Gasteiger partial charge in [0, 0.05) is 11.7 Å². The predicted molar refractivity (Wildman–Crippen MR) is 79.5 cm³/mol. The lowest BCUT2D eigenvalue weighted by molar-refractivity contribution is 0.697. The summed E-state index contributed by atoms with van der Waals surface area (Å²) in [5.41, 5.74) is 10.7. The fraction of sp³-hybridized carbons (Fsp3) is 0.438. The Balaban J connectivity index is 2.34. The Bertz CT molecular complexity index is 525. The summed E-state index contributed by atoms with van der Waals surface area (Å²) in [7, 11) is 0. The molecule has 0 aliphatic rings. The highest BCUT2D eigenvalue weighted by molar-refractivity contribution is 5.37. The van der Waals surface area contributed by atoms with Crippen LogP contribution in [0.15, 0.2) is 30.3 Å². The maximum Gasteiger partial charge on any atom is 0.0649 e. The van der Waals surface area contributed by atoms with Gasteiger partial charge in [0.2, 0.25) is 0 Å². The Hall–Kier alpha value is -1.61. The number of nitrogens with two attached hydrogens (primary N) is 1. The minimum Gasteiger partial charge on any atom is -0.324 e. The molecule has 1 atom stereocenters. The topological polar surface area (TPSA) is 43.8 Å². The Morgan fingerprint density at radius 1 is 1.11 bits per heavy atom. The average Bonchev–Trinajstić information content (AvgIpc) is 2.90. The molecule has 2 rings (SSSR count). The third kappa shape index (κ3) is 2.87. The first-order valence-corrected chi connectivity index (χ1v) is 7.13. The standard InChI is InChI=1S/C16H23N3/c1-4-13-11-14(5-2)19(18-13)15-9-7-12(8-10-15)16(17)6-3/h7-11,16H,4-6,17H2,1-3H3. The summed E-state index contributed by atoms with van der Waals surface area (Å²) in [6.07, 6.45) is 2.92. The zero-order chi connectivity index (χ0) is 13.8. The Kier molecular flexibility index (Phi) is 4.38. The molecule has 0 radical (unpaired) electrons. The number of hydrogen-bond acceptors (Lipinski definition) is 2. The molecule has 0 amide bonds. The first-order valence-electron chi connectivity index (χ1n) is 7.13. The Morgan fingerprint density at radius 2 is 1.79 bits per heavy atom. The van der Waals surface area contributed by atoms with Crippen LogP contribution in [0.25, 0.3) is 5.69 Å². The lowest BCUT2D eigenvalue weighted by atomic mass is 10.1. The van der Waals surface area contributed by atoms with E-state index < -0.39 is 0 Å². The first-order chi connectivity index (χ1) is 9.19. The van der Waals surface area contributed by atoms with Crippen LogP contribution in [0.1, 0.15) is 50.2 Å². The third-order valence-electron chi connectivity index (χ3n) is 3.56. The zero-order valence-corrected chi connectivity index (χ0v) is 12.1. The van der Waals surface area contributed by atoms with Crippen LogP contribution in [0.4, 0.5) is 0 Å². The number of nitrogens with zero attached hydrogens (tertiary/aromatic N) is 2. The van der Waals surface area contributed by atoms with E-state index in [2.05, 4.69) is 56.2 Å². The zero-order valence-electron chi connectivity index (χ0n) is 12.1. The lowest BCUT2D eigenvalue weighted by Crippen LogP contribution is -2.09. The summed E-state index contributed by atoms with van der Waals surface area (Å²) >= 11 is 0. The molecule has 1 aromatic heterocycles. The second-order valence-electron chi connectivity index (χ2n) is 4.85. The SMILES string of the molecule is CCc1cc(CC)n(-c2ccc(C(N)CC)cc2)n1. The number of aromatic nitrogens is 2. The van der Waals surface area contributed by atoms with Gasteiger partial charge in [-0.3, -0.25) is 0 Å². The molecule has 1 aromatic carbocycles.